The highest BCUT2D eigenvalue weighted by Crippen LogP contribution is 2.44. The fraction of sp³-hybridized carbons (Fsp3) is 0.217. The van der Waals surface area contributed by atoms with Crippen LogP contribution in [0.4, 0.5) is 5.69 Å². The minimum absolute atomic E-state index is 0.255. The van der Waals surface area contributed by atoms with Crippen molar-refractivity contribution in [3.05, 3.63) is 86.6 Å². The zero-order valence-corrected chi connectivity index (χ0v) is 17.5. The lowest BCUT2D eigenvalue weighted by Crippen LogP contribution is -2.42. The van der Waals surface area contributed by atoms with E-state index in [2.05, 4.69) is 0 Å². The molecule has 0 bridgehead atoms. The molecule has 3 aromatic rings. The number of ketones is 1. The van der Waals surface area contributed by atoms with Gasteiger partial charge in [0.15, 0.2) is 11.4 Å². The zero-order valence-electron chi connectivity index (χ0n) is 15.9. The third-order valence-corrected chi connectivity index (χ3v) is 6.47. The molecule has 6 heteroatoms. The van der Waals surface area contributed by atoms with E-state index >= 15 is 0 Å². The number of hydrogen-bond acceptors (Lipinski definition) is 4. The fourth-order valence-electron chi connectivity index (χ4n) is 3.71. The third kappa shape index (κ3) is 3.73. The number of fused-ring (bicyclic) bond motifs is 1. The van der Waals surface area contributed by atoms with Gasteiger partial charge in [-0.05, 0) is 49.2 Å². The Bertz CT molecular complexity index is 1080. The molecule has 0 aliphatic carbocycles. The van der Waals surface area contributed by atoms with Crippen molar-refractivity contribution < 1.29 is 14.7 Å². The van der Waals surface area contributed by atoms with Gasteiger partial charge in [-0.15, -0.1) is 11.3 Å². The average Bonchev–Trinajstić information content (AvgIpc) is 3.23. The van der Waals surface area contributed by atoms with Crippen molar-refractivity contribution in [2.24, 2.45) is 0 Å². The summed E-state index contributed by atoms with van der Waals surface area (Å²) in [6, 6.07) is 18.4. The van der Waals surface area contributed by atoms with Crippen LogP contribution in [0.1, 0.15) is 32.1 Å². The maximum absolute atomic E-state index is 13.3. The van der Waals surface area contributed by atoms with E-state index in [-0.39, 0.29) is 12.2 Å². The molecule has 2 aromatic carbocycles. The van der Waals surface area contributed by atoms with Gasteiger partial charge in [-0.25, -0.2) is 0 Å². The Morgan fingerprint density at radius 1 is 1.14 bits per heavy atom. The number of rotatable bonds is 6. The monoisotopic (exact) mass is 425 g/mol. The summed E-state index contributed by atoms with van der Waals surface area (Å²) in [6.45, 7) is 2.32. The Labute approximate surface area is 178 Å². The van der Waals surface area contributed by atoms with Crippen LogP contribution in [0.5, 0.6) is 0 Å². The highest BCUT2D eigenvalue weighted by atomic mass is 35.5. The summed E-state index contributed by atoms with van der Waals surface area (Å²) in [5, 5.41) is 11.8. The molecule has 4 rings (SSSR count). The van der Waals surface area contributed by atoms with E-state index in [9.17, 15) is 14.7 Å². The van der Waals surface area contributed by atoms with Gasteiger partial charge in [0, 0.05) is 22.0 Å². The predicted octanol–water partition coefficient (Wildman–Crippen LogP) is 4.76. The molecule has 1 aliphatic rings. The minimum Gasteiger partial charge on any atom is -0.375 e. The molecule has 1 atom stereocenters. The number of carbonyl (C=O) groups excluding carboxylic acids is 2. The molecule has 29 heavy (non-hydrogen) atoms. The largest absolute Gasteiger partial charge is 0.375 e. The summed E-state index contributed by atoms with van der Waals surface area (Å²) in [7, 11) is 0. The van der Waals surface area contributed by atoms with Gasteiger partial charge >= 0.3 is 0 Å². The van der Waals surface area contributed by atoms with Crippen LogP contribution in [0.15, 0.2) is 60.7 Å². The Morgan fingerprint density at radius 2 is 1.90 bits per heavy atom. The van der Waals surface area contributed by atoms with E-state index in [0.29, 0.717) is 34.1 Å². The molecule has 1 amide bonds. The molecule has 0 saturated heterocycles. The number of halogens is 1. The molecule has 2 heterocycles. The Balaban J connectivity index is 1.65. The SMILES string of the molecule is Cc1ccc(C(=O)C[C@]2(O)C(=O)N(CCc3ccccc3)c3ccc(Cl)cc32)s1. The molecular formula is C23H20ClNO3S. The topological polar surface area (TPSA) is 57.6 Å². The third-order valence-electron chi connectivity index (χ3n) is 5.19. The van der Waals surface area contributed by atoms with E-state index in [0.717, 1.165) is 10.4 Å². The smallest absolute Gasteiger partial charge is 0.264 e. The second kappa shape index (κ2) is 7.75. The number of thiophene rings is 1. The summed E-state index contributed by atoms with van der Waals surface area (Å²) in [6.07, 6.45) is 0.337. The van der Waals surface area contributed by atoms with Crippen LogP contribution < -0.4 is 4.90 Å². The first-order valence-electron chi connectivity index (χ1n) is 9.36. The molecule has 0 fully saturated rings. The lowest BCUT2D eigenvalue weighted by atomic mass is 9.89. The fourth-order valence-corrected chi connectivity index (χ4v) is 4.68. The number of hydrogen-bond donors (Lipinski definition) is 1. The van der Waals surface area contributed by atoms with Gasteiger partial charge in [-0.1, -0.05) is 41.9 Å². The number of benzene rings is 2. The van der Waals surface area contributed by atoms with Crippen LogP contribution in [0.25, 0.3) is 0 Å². The van der Waals surface area contributed by atoms with Crippen LogP contribution >= 0.6 is 22.9 Å². The van der Waals surface area contributed by atoms with Gasteiger partial charge in [0.05, 0.1) is 17.0 Å². The van der Waals surface area contributed by atoms with E-state index < -0.39 is 11.5 Å². The van der Waals surface area contributed by atoms with Gasteiger partial charge < -0.3 is 10.0 Å². The van der Waals surface area contributed by atoms with Crippen molar-refractivity contribution in [1.29, 1.82) is 0 Å². The Hall–Kier alpha value is -2.47. The number of aryl methyl sites for hydroxylation is 1. The molecule has 0 saturated carbocycles. The second-order valence-electron chi connectivity index (χ2n) is 7.22. The molecule has 0 unspecified atom stereocenters. The molecule has 148 valence electrons. The Morgan fingerprint density at radius 3 is 2.59 bits per heavy atom. The average molecular weight is 426 g/mol. The summed E-state index contributed by atoms with van der Waals surface area (Å²) >= 11 is 7.51. The first-order chi connectivity index (χ1) is 13.9. The van der Waals surface area contributed by atoms with Crippen LogP contribution in [0.2, 0.25) is 5.02 Å². The van der Waals surface area contributed by atoms with Gasteiger partial charge in [0.1, 0.15) is 0 Å². The van der Waals surface area contributed by atoms with Crippen LogP contribution in [-0.4, -0.2) is 23.3 Å². The number of aliphatic hydroxyl groups is 1. The normalized spacial score (nSPS) is 18.2. The van der Waals surface area contributed by atoms with Crippen molar-refractivity contribution in [3.8, 4) is 0 Å². The van der Waals surface area contributed by atoms with Crippen molar-refractivity contribution in [2.75, 3.05) is 11.4 Å². The van der Waals surface area contributed by atoms with Crippen molar-refractivity contribution in [2.45, 2.75) is 25.4 Å². The molecular weight excluding hydrogens is 406 g/mol. The number of nitrogens with zero attached hydrogens (tertiary/aromatic N) is 1. The van der Waals surface area contributed by atoms with E-state index in [1.165, 1.54) is 11.3 Å². The van der Waals surface area contributed by atoms with Crippen LogP contribution in [0.3, 0.4) is 0 Å². The first kappa shape index (κ1) is 19.8. The van der Waals surface area contributed by atoms with Crippen molar-refractivity contribution in [1.82, 2.24) is 0 Å². The van der Waals surface area contributed by atoms with Crippen LogP contribution in [0, 0.1) is 6.92 Å². The molecule has 1 aliphatic heterocycles. The zero-order chi connectivity index (χ0) is 20.6. The standard InChI is InChI=1S/C23H20ClNO3S/c1-15-7-10-21(29-15)20(26)14-23(28)18-13-17(24)8-9-19(18)25(22(23)27)12-11-16-5-3-2-4-6-16/h2-10,13,28H,11-12,14H2,1H3/t23-/m1/s1. The van der Waals surface area contributed by atoms with Gasteiger partial charge in [-0.3, -0.25) is 9.59 Å². The highest BCUT2D eigenvalue weighted by molar-refractivity contribution is 7.14. The maximum atomic E-state index is 13.3. The summed E-state index contributed by atoms with van der Waals surface area (Å²) in [4.78, 5) is 29.2. The Kier molecular flexibility index (Phi) is 5.30. The lowest BCUT2D eigenvalue weighted by molar-refractivity contribution is -0.135. The minimum atomic E-state index is -1.91. The molecule has 1 N–H and O–H groups in total. The molecule has 1 aromatic heterocycles. The summed E-state index contributed by atoms with van der Waals surface area (Å²) < 4.78 is 0. The van der Waals surface area contributed by atoms with E-state index in [1.807, 2.05) is 43.3 Å². The van der Waals surface area contributed by atoms with Gasteiger partial charge in [0.2, 0.25) is 0 Å². The maximum Gasteiger partial charge on any atom is 0.264 e. The molecule has 0 spiro atoms. The lowest BCUT2D eigenvalue weighted by Gasteiger charge is -2.22. The first-order valence-corrected chi connectivity index (χ1v) is 10.6. The van der Waals surface area contributed by atoms with Gasteiger partial charge in [-0.2, -0.15) is 0 Å². The highest BCUT2D eigenvalue weighted by Gasteiger charge is 2.51. The number of carbonyl (C=O) groups is 2. The quantitative estimate of drug-likeness (QED) is 0.579. The van der Waals surface area contributed by atoms with E-state index in [1.54, 1.807) is 29.2 Å². The number of Topliss-reactive ketones (excluding diaryl/α,β-unsaturated/α-hetero) is 1. The van der Waals surface area contributed by atoms with Crippen LogP contribution in [-0.2, 0) is 16.8 Å². The van der Waals surface area contributed by atoms with E-state index in [4.69, 9.17) is 11.6 Å². The summed E-state index contributed by atoms with van der Waals surface area (Å²) in [5.41, 5.74) is 0.181. The second-order valence-corrected chi connectivity index (χ2v) is 8.95. The molecule has 4 nitrogen and oxygen atoms in total. The number of amides is 1. The molecule has 0 radical (unpaired) electrons. The van der Waals surface area contributed by atoms with Gasteiger partial charge in [0.25, 0.3) is 5.91 Å². The van der Waals surface area contributed by atoms with Crippen molar-refractivity contribution in [3.63, 3.8) is 0 Å². The van der Waals surface area contributed by atoms with Crippen molar-refractivity contribution >= 4 is 40.3 Å². The summed E-state index contributed by atoms with van der Waals surface area (Å²) in [5.74, 6) is -0.734. The number of anilines is 1. The predicted molar refractivity (Wildman–Crippen MR) is 116 cm³/mol.